The zero-order valence-electron chi connectivity index (χ0n) is 12.9. The summed E-state index contributed by atoms with van der Waals surface area (Å²) in [7, 11) is -2.45. The van der Waals surface area contributed by atoms with Crippen LogP contribution in [0.25, 0.3) is 0 Å². The van der Waals surface area contributed by atoms with Crippen LogP contribution in [0.15, 0.2) is 42.5 Å². The van der Waals surface area contributed by atoms with Gasteiger partial charge in [-0.15, -0.1) is 0 Å². The lowest BCUT2D eigenvalue weighted by Gasteiger charge is -2.38. The molecule has 0 aliphatic carbocycles. The molecule has 2 fully saturated rings. The van der Waals surface area contributed by atoms with Crippen LogP contribution in [-0.2, 0) is 32.9 Å². The second-order valence-corrected chi connectivity index (χ2v) is 10.6. The summed E-state index contributed by atoms with van der Waals surface area (Å²) in [5, 5.41) is 0. The summed E-state index contributed by atoms with van der Waals surface area (Å²) in [5.74, 6) is 0.816. The molecule has 0 N–H and O–H groups in total. The summed E-state index contributed by atoms with van der Waals surface area (Å²) in [4.78, 5) is 14.8. The second kappa shape index (κ2) is 5.19. The van der Waals surface area contributed by atoms with E-state index >= 15 is 0 Å². The van der Waals surface area contributed by atoms with Crippen LogP contribution in [0.2, 0.25) is 0 Å². The van der Waals surface area contributed by atoms with Crippen LogP contribution in [0.4, 0.5) is 0 Å². The molecule has 1 aromatic rings. The fourth-order valence-electron chi connectivity index (χ4n) is 4.17. The van der Waals surface area contributed by atoms with E-state index in [4.69, 9.17) is 0 Å². The lowest BCUT2D eigenvalue weighted by molar-refractivity contribution is -0.120. The Morgan fingerprint density at radius 2 is 1.83 bits per heavy atom. The molecule has 0 radical (unpaired) electrons. The lowest BCUT2D eigenvalue weighted by Crippen LogP contribution is -2.55. The van der Waals surface area contributed by atoms with E-state index in [0.717, 1.165) is 5.56 Å². The highest BCUT2D eigenvalue weighted by Gasteiger charge is 2.68. The Bertz CT molecular complexity index is 729. The molecule has 5 atom stereocenters. The van der Waals surface area contributed by atoms with Crippen molar-refractivity contribution >= 4 is 27.4 Å². The monoisotopic (exact) mass is 349 g/mol. The molecule has 2 bridgehead atoms. The molecule has 1 spiro atoms. The molecule has 4 rings (SSSR count). The van der Waals surface area contributed by atoms with Crippen molar-refractivity contribution in [3.63, 3.8) is 0 Å². The predicted molar refractivity (Wildman–Crippen MR) is 91.7 cm³/mol. The van der Waals surface area contributed by atoms with E-state index in [-0.39, 0.29) is 11.3 Å². The molecule has 3 aliphatic rings. The van der Waals surface area contributed by atoms with Gasteiger partial charge in [-0.3, -0.25) is 18.1 Å². The van der Waals surface area contributed by atoms with Gasteiger partial charge in [0.1, 0.15) is 10.1 Å². The van der Waals surface area contributed by atoms with Crippen molar-refractivity contribution in [2.45, 2.75) is 35.5 Å². The zero-order valence-corrected chi connectivity index (χ0v) is 14.6. The minimum atomic E-state index is -1.23. The van der Waals surface area contributed by atoms with Crippen LogP contribution < -0.4 is 0 Å². The fraction of sp³-hybridized carbons (Fsp3) is 0.471. The van der Waals surface area contributed by atoms with Crippen molar-refractivity contribution in [2.24, 2.45) is 0 Å². The standard InChI is InChI=1S/C17H19NO3S2/c1-16-8-7-14(19)15(17(12-16)22(20)9-10-23(17)21)18(16)11-13-5-3-2-4-6-13/h2-8,15H,9-12H2,1H3/t15-,16+,17?,22-,23+/m1/s1. The highest BCUT2D eigenvalue weighted by Crippen LogP contribution is 2.52. The highest BCUT2D eigenvalue weighted by molar-refractivity contribution is 8.07. The summed E-state index contributed by atoms with van der Waals surface area (Å²) in [6.07, 6.45) is 4.04. The quantitative estimate of drug-likeness (QED) is 0.809. The van der Waals surface area contributed by atoms with Crippen LogP contribution in [0.1, 0.15) is 18.9 Å². The van der Waals surface area contributed by atoms with E-state index in [1.807, 2.05) is 36.4 Å². The van der Waals surface area contributed by atoms with Gasteiger partial charge in [0.2, 0.25) is 0 Å². The number of ketones is 1. The number of hydrogen-bond acceptors (Lipinski definition) is 4. The zero-order chi connectivity index (χ0) is 16.2. The number of hydrogen-bond donors (Lipinski definition) is 0. The molecule has 1 unspecified atom stereocenters. The first kappa shape index (κ1) is 15.4. The third-order valence-electron chi connectivity index (χ3n) is 5.29. The molecule has 2 saturated heterocycles. The van der Waals surface area contributed by atoms with Gasteiger partial charge in [0.25, 0.3) is 0 Å². The van der Waals surface area contributed by atoms with Gasteiger partial charge in [-0.05, 0) is 25.0 Å². The molecule has 122 valence electrons. The third kappa shape index (κ3) is 2.08. The van der Waals surface area contributed by atoms with Gasteiger partial charge in [0.15, 0.2) is 5.78 Å². The third-order valence-corrected chi connectivity index (χ3v) is 10.1. The molecular weight excluding hydrogens is 330 g/mol. The van der Waals surface area contributed by atoms with Gasteiger partial charge in [0, 0.05) is 45.2 Å². The summed E-state index contributed by atoms with van der Waals surface area (Å²) in [5.41, 5.74) is 0.739. The fourth-order valence-corrected chi connectivity index (χ4v) is 9.29. The Morgan fingerprint density at radius 3 is 2.48 bits per heavy atom. The second-order valence-electron chi connectivity index (χ2n) is 6.70. The molecule has 0 amide bonds. The van der Waals surface area contributed by atoms with Crippen LogP contribution in [-0.4, -0.2) is 46.3 Å². The van der Waals surface area contributed by atoms with Gasteiger partial charge in [-0.1, -0.05) is 36.4 Å². The Labute approximate surface area is 140 Å². The molecule has 3 heterocycles. The van der Waals surface area contributed by atoms with Gasteiger partial charge in [-0.2, -0.15) is 0 Å². The topological polar surface area (TPSA) is 54.5 Å². The molecule has 3 aliphatic heterocycles. The van der Waals surface area contributed by atoms with Crippen LogP contribution in [0.3, 0.4) is 0 Å². The highest BCUT2D eigenvalue weighted by atomic mass is 32.3. The van der Waals surface area contributed by atoms with Gasteiger partial charge in [0.05, 0.1) is 0 Å². The Morgan fingerprint density at radius 1 is 1.17 bits per heavy atom. The maximum Gasteiger partial charge on any atom is 0.175 e. The van der Waals surface area contributed by atoms with E-state index in [2.05, 4.69) is 11.8 Å². The SMILES string of the molecule is C[C@@]12C=CC(=O)[C@@H](N1Cc1ccccc1)C1(C2)[S@](=O)CC[S@@]1=O. The number of benzene rings is 1. The van der Waals surface area contributed by atoms with Crippen molar-refractivity contribution in [1.82, 2.24) is 4.90 Å². The maximum absolute atomic E-state index is 12.7. The van der Waals surface area contributed by atoms with Crippen LogP contribution in [0.5, 0.6) is 0 Å². The van der Waals surface area contributed by atoms with Gasteiger partial charge in [-0.25, -0.2) is 0 Å². The smallest absolute Gasteiger partial charge is 0.175 e. The molecule has 0 saturated carbocycles. The first-order valence-electron chi connectivity index (χ1n) is 7.78. The number of rotatable bonds is 2. The van der Waals surface area contributed by atoms with Gasteiger partial charge >= 0.3 is 0 Å². The average molecular weight is 349 g/mol. The molecule has 0 aromatic heterocycles. The molecule has 6 heteroatoms. The Kier molecular flexibility index (Phi) is 3.48. The van der Waals surface area contributed by atoms with Crippen molar-refractivity contribution in [3.05, 3.63) is 48.0 Å². The molecule has 4 nitrogen and oxygen atoms in total. The minimum Gasteiger partial charge on any atom is -0.293 e. The number of fused-ring (bicyclic) bond motifs is 3. The minimum absolute atomic E-state index is 0.0560. The van der Waals surface area contributed by atoms with E-state index in [1.165, 1.54) is 0 Å². The normalized spacial score (nSPS) is 42.7. The summed E-state index contributed by atoms with van der Waals surface area (Å²) < 4.78 is 24.6. The Hall–Kier alpha value is -1.11. The van der Waals surface area contributed by atoms with Crippen LogP contribution in [0, 0.1) is 0 Å². The van der Waals surface area contributed by atoms with E-state index in [0.29, 0.717) is 24.5 Å². The van der Waals surface area contributed by atoms with Crippen molar-refractivity contribution in [2.75, 3.05) is 11.5 Å². The van der Waals surface area contributed by atoms with Gasteiger partial charge < -0.3 is 0 Å². The molecular formula is C17H19NO3S2. The lowest BCUT2D eigenvalue weighted by atomic mass is 9.96. The first-order chi connectivity index (χ1) is 11.0. The predicted octanol–water partition coefficient (Wildman–Crippen LogP) is 1.37. The summed E-state index contributed by atoms with van der Waals surface area (Å²) in [6, 6.07) is 9.43. The summed E-state index contributed by atoms with van der Waals surface area (Å²) in [6.45, 7) is 2.67. The van der Waals surface area contributed by atoms with Crippen LogP contribution >= 0.6 is 0 Å². The number of carbonyl (C=O) groups is 1. The Balaban J connectivity index is 1.81. The van der Waals surface area contributed by atoms with E-state index in [9.17, 15) is 13.2 Å². The number of nitrogens with zero attached hydrogens (tertiary/aromatic N) is 1. The average Bonchev–Trinajstić information content (AvgIpc) is 2.91. The molecule has 23 heavy (non-hydrogen) atoms. The van der Waals surface area contributed by atoms with Crippen molar-refractivity contribution in [1.29, 1.82) is 0 Å². The van der Waals surface area contributed by atoms with Crippen molar-refractivity contribution < 1.29 is 13.2 Å². The van der Waals surface area contributed by atoms with Crippen molar-refractivity contribution in [3.8, 4) is 0 Å². The molecule has 1 aromatic carbocycles. The first-order valence-corrected chi connectivity index (χ1v) is 10.4. The van der Waals surface area contributed by atoms with E-state index < -0.39 is 31.7 Å². The summed E-state index contributed by atoms with van der Waals surface area (Å²) >= 11 is 0. The maximum atomic E-state index is 12.7. The largest absolute Gasteiger partial charge is 0.293 e. The van der Waals surface area contributed by atoms with E-state index in [1.54, 1.807) is 6.08 Å². The number of carbonyl (C=O) groups excluding carboxylic acids is 1.